The number of benzene rings is 5. The number of carboxylic acids is 2. The van der Waals surface area contributed by atoms with Crippen molar-refractivity contribution >= 4 is 78.7 Å². The third-order valence-corrected chi connectivity index (χ3v) is 8.57. The highest BCUT2D eigenvalue weighted by molar-refractivity contribution is 6.42. The zero-order valence-corrected chi connectivity index (χ0v) is 22.5. The van der Waals surface area contributed by atoms with Crippen LogP contribution in [-0.2, 0) is 22.4 Å². The van der Waals surface area contributed by atoms with Gasteiger partial charge >= 0.3 is 11.9 Å². The molecule has 5 aromatic carbocycles. The van der Waals surface area contributed by atoms with E-state index in [-0.39, 0.29) is 16.7 Å². The van der Waals surface area contributed by atoms with Crippen molar-refractivity contribution in [2.24, 2.45) is 0 Å². The molecule has 42 heavy (non-hydrogen) atoms. The average molecular weight is 563 g/mol. The lowest BCUT2D eigenvalue weighted by molar-refractivity contribution is -0.138. The molecule has 2 N–H and O–H groups in total. The van der Waals surface area contributed by atoms with Crippen molar-refractivity contribution in [1.29, 1.82) is 0 Å². The van der Waals surface area contributed by atoms with Crippen LogP contribution in [0.5, 0.6) is 0 Å². The predicted molar refractivity (Wildman–Crippen MR) is 152 cm³/mol. The maximum atomic E-state index is 13.8. The third-order valence-electron chi connectivity index (χ3n) is 8.57. The van der Waals surface area contributed by atoms with E-state index in [0.29, 0.717) is 45.3 Å². The summed E-state index contributed by atoms with van der Waals surface area (Å²) in [4.78, 5) is 78.6. The molecule has 7 rings (SSSR count). The molecule has 0 saturated heterocycles. The van der Waals surface area contributed by atoms with Crippen LogP contribution in [0, 0.1) is 0 Å². The van der Waals surface area contributed by atoms with E-state index >= 15 is 0 Å². The minimum absolute atomic E-state index is 0.226. The quantitative estimate of drug-likeness (QED) is 0.177. The highest BCUT2D eigenvalue weighted by Crippen LogP contribution is 2.48. The normalized spacial score (nSPS) is 14.8. The van der Waals surface area contributed by atoms with E-state index in [1.807, 2.05) is 13.8 Å². The number of nitrogens with zero attached hydrogens (tertiary/aromatic N) is 2. The van der Waals surface area contributed by atoms with E-state index in [4.69, 9.17) is 0 Å². The van der Waals surface area contributed by atoms with Crippen LogP contribution < -0.4 is 0 Å². The summed E-state index contributed by atoms with van der Waals surface area (Å²) in [5.74, 6) is -5.28. The van der Waals surface area contributed by atoms with Crippen LogP contribution in [0.4, 0.5) is 0 Å². The molecule has 0 radical (unpaired) electrons. The topological polar surface area (TPSA) is 149 Å². The Balaban J connectivity index is 1.68. The van der Waals surface area contributed by atoms with Crippen molar-refractivity contribution in [2.45, 2.75) is 26.7 Å². The van der Waals surface area contributed by atoms with Crippen molar-refractivity contribution in [3.8, 4) is 0 Å². The van der Waals surface area contributed by atoms with Gasteiger partial charge in [0.2, 0.25) is 0 Å². The molecule has 0 aliphatic carbocycles. The van der Waals surface area contributed by atoms with Crippen molar-refractivity contribution in [2.75, 3.05) is 13.1 Å². The minimum atomic E-state index is -1.30. The van der Waals surface area contributed by atoms with Gasteiger partial charge in [0.15, 0.2) is 0 Å². The molecule has 2 aliphatic rings. The smallest absolute Gasteiger partial charge is 0.323 e. The molecule has 10 nitrogen and oxygen atoms in total. The molecule has 0 unspecified atom stereocenters. The van der Waals surface area contributed by atoms with E-state index in [9.17, 15) is 39.0 Å². The second-order valence-corrected chi connectivity index (χ2v) is 10.6. The third kappa shape index (κ3) is 3.03. The van der Waals surface area contributed by atoms with Gasteiger partial charge < -0.3 is 10.2 Å². The zero-order valence-electron chi connectivity index (χ0n) is 22.5. The largest absolute Gasteiger partial charge is 0.480 e. The Morgan fingerprint density at radius 3 is 1.50 bits per heavy atom. The van der Waals surface area contributed by atoms with Crippen LogP contribution in [0.2, 0.25) is 0 Å². The first-order valence-corrected chi connectivity index (χ1v) is 13.5. The number of carboxylic acid groups (broad SMARTS) is 2. The number of hydrogen-bond acceptors (Lipinski definition) is 6. The highest BCUT2D eigenvalue weighted by atomic mass is 16.4. The highest BCUT2D eigenvalue weighted by Gasteiger charge is 2.39. The van der Waals surface area contributed by atoms with E-state index < -0.39 is 48.7 Å². The minimum Gasteiger partial charge on any atom is -0.480 e. The van der Waals surface area contributed by atoms with Crippen molar-refractivity contribution in [3.63, 3.8) is 0 Å². The molecule has 0 fully saturated rings. The number of aryl methyl sites for hydroxylation is 1. The molecular weight excluding hydrogens is 540 g/mol. The standard InChI is InChI=1S/C32H22N2O8/c1-3-13-14(4-2)28-27-20(31(41)34(32(28)42)12-22(37)38)9-6-16-15-5-8-18-25-19(30(40)33(29(18)39)11-21(35)36)10-7-17(24(15)25)23(13)26(16)27/h5-10H,3-4,11-12H2,1-2H3,(H,35,36)(H,37,38). The summed E-state index contributed by atoms with van der Waals surface area (Å²) in [6.07, 6.45) is 0.967. The number of rotatable bonds is 6. The maximum Gasteiger partial charge on any atom is 0.323 e. The fraction of sp³-hybridized carbons (Fsp3) is 0.188. The molecule has 2 heterocycles. The summed E-state index contributed by atoms with van der Waals surface area (Å²) < 4.78 is 0. The predicted octanol–water partition coefficient (Wildman–Crippen LogP) is 4.22. The molecule has 2 aliphatic heterocycles. The Morgan fingerprint density at radius 2 is 1.00 bits per heavy atom. The molecule has 0 bridgehead atoms. The first kappa shape index (κ1) is 25.6. The molecule has 0 aromatic heterocycles. The summed E-state index contributed by atoms with van der Waals surface area (Å²) in [7, 11) is 0. The molecule has 208 valence electrons. The Hall–Kier alpha value is -5.38. The lowest BCUT2D eigenvalue weighted by Crippen LogP contribution is -2.44. The molecule has 5 aromatic rings. The number of hydrogen-bond donors (Lipinski definition) is 2. The number of amides is 4. The molecule has 0 saturated carbocycles. The van der Waals surface area contributed by atoms with Crippen LogP contribution in [-0.4, -0.2) is 68.7 Å². The van der Waals surface area contributed by atoms with Gasteiger partial charge in [0.05, 0.1) is 5.56 Å². The summed E-state index contributed by atoms with van der Waals surface area (Å²) in [6.45, 7) is 2.36. The van der Waals surface area contributed by atoms with Crippen LogP contribution in [0.3, 0.4) is 0 Å². The lowest BCUT2D eigenvalue weighted by atomic mass is 9.78. The Bertz CT molecular complexity index is 2140. The van der Waals surface area contributed by atoms with E-state index in [2.05, 4.69) is 0 Å². The SMILES string of the molecule is CCc1c2c3c(ccc4c5ccc6c7c(ccc(c(c1CC)c34)c75)C(=O)N(CC(=O)O)C6=O)C(=O)N(CC(=O)O)C2=O. The number of fused-ring (bicyclic) bond motifs is 2. The van der Waals surface area contributed by atoms with Gasteiger partial charge in [0.25, 0.3) is 23.6 Å². The number of carbonyl (C=O) groups excluding carboxylic acids is 4. The summed E-state index contributed by atoms with van der Waals surface area (Å²) >= 11 is 0. The second-order valence-electron chi connectivity index (χ2n) is 10.6. The van der Waals surface area contributed by atoms with Gasteiger partial charge in [-0.15, -0.1) is 0 Å². The average Bonchev–Trinajstić information content (AvgIpc) is 2.97. The Kier molecular flexibility index (Phi) is 5.21. The zero-order chi connectivity index (χ0) is 29.8. The van der Waals surface area contributed by atoms with Gasteiger partial charge in [-0.2, -0.15) is 0 Å². The van der Waals surface area contributed by atoms with Gasteiger partial charge in [0.1, 0.15) is 13.1 Å². The van der Waals surface area contributed by atoms with Crippen LogP contribution in [0.15, 0.2) is 36.4 Å². The lowest BCUT2D eigenvalue weighted by Gasteiger charge is -2.31. The summed E-state index contributed by atoms with van der Waals surface area (Å²) in [5, 5.41) is 24.0. The van der Waals surface area contributed by atoms with Gasteiger partial charge in [-0.05, 0) is 74.5 Å². The van der Waals surface area contributed by atoms with E-state index in [1.165, 1.54) is 0 Å². The molecular formula is C32H22N2O8. The molecule has 10 heteroatoms. The summed E-state index contributed by atoms with van der Waals surface area (Å²) in [6, 6.07) is 10.1. The van der Waals surface area contributed by atoms with Crippen LogP contribution >= 0.6 is 0 Å². The summed E-state index contributed by atoms with van der Waals surface area (Å²) in [5.41, 5.74) is 2.60. The molecule has 4 amide bonds. The monoisotopic (exact) mass is 562 g/mol. The van der Waals surface area contributed by atoms with Gasteiger partial charge in [-0.3, -0.25) is 38.6 Å². The number of carbonyl (C=O) groups is 6. The van der Waals surface area contributed by atoms with Gasteiger partial charge in [0, 0.05) is 27.5 Å². The Labute approximate surface area is 237 Å². The van der Waals surface area contributed by atoms with Crippen LogP contribution in [0.25, 0.3) is 43.1 Å². The van der Waals surface area contributed by atoms with Crippen molar-refractivity contribution in [1.82, 2.24) is 9.80 Å². The maximum absolute atomic E-state index is 13.8. The van der Waals surface area contributed by atoms with Crippen LogP contribution in [0.1, 0.15) is 66.4 Å². The fourth-order valence-corrected chi connectivity index (χ4v) is 7.04. The first-order valence-electron chi connectivity index (χ1n) is 13.5. The second kappa shape index (κ2) is 8.56. The first-order chi connectivity index (χ1) is 20.1. The van der Waals surface area contributed by atoms with E-state index in [0.717, 1.165) is 37.1 Å². The van der Waals surface area contributed by atoms with Gasteiger partial charge in [-0.1, -0.05) is 32.0 Å². The fourth-order valence-electron chi connectivity index (χ4n) is 7.04. The van der Waals surface area contributed by atoms with E-state index in [1.54, 1.807) is 36.4 Å². The molecule has 0 spiro atoms. The van der Waals surface area contributed by atoms with Gasteiger partial charge in [-0.25, -0.2) is 0 Å². The van der Waals surface area contributed by atoms with Crippen molar-refractivity contribution < 1.29 is 39.0 Å². The Morgan fingerprint density at radius 1 is 0.548 bits per heavy atom. The molecule has 0 atom stereocenters. The number of imide groups is 2. The number of aliphatic carboxylic acids is 2. The van der Waals surface area contributed by atoms with Crippen molar-refractivity contribution in [3.05, 3.63) is 69.8 Å².